The van der Waals surface area contributed by atoms with E-state index < -0.39 is 0 Å². The molecule has 0 spiro atoms. The van der Waals surface area contributed by atoms with Crippen molar-refractivity contribution in [1.82, 2.24) is 9.97 Å². The van der Waals surface area contributed by atoms with Crippen LogP contribution >= 0.6 is 11.8 Å². The summed E-state index contributed by atoms with van der Waals surface area (Å²) in [4.78, 5) is 19.9. The van der Waals surface area contributed by atoms with Gasteiger partial charge in [0, 0.05) is 12.0 Å². The molecule has 1 N–H and O–H groups in total. The Morgan fingerprint density at radius 3 is 2.54 bits per heavy atom. The molecule has 0 radical (unpaired) electrons. The fraction of sp³-hybridized carbons (Fsp3) is 0.474. The van der Waals surface area contributed by atoms with Crippen LogP contribution in [0.25, 0.3) is 0 Å². The predicted octanol–water partition coefficient (Wildman–Crippen LogP) is 4.07. The quantitative estimate of drug-likeness (QED) is 0.578. The highest BCUT2D eigenvalue weighted by Crippen LogP contribution is 2.17. The summed E-state index contributed by atoms with van der Waals surface area (Å²) in [6, 6.07) is 7.98. The van der Waals surface area contributed by atoms with Crippen LogP contribution in [-0.4, -0.2) is 22.8 Å². The second-order valence-electron chi connectivity index (χ2n) is 6.28. The molecule has 0 aliphatic heterocycles. The molecular weight excluding hydrogens is 320 g/mol. The van der Waals surface area contributed by atoms with Gasteiger partial charge in [-0.2, -0.15) is 0 Å². The molecule has 0 unspecified atom stereocenters. The first-order valence-corrected chi connectivity index (χ1v) is 9.63. The molecule has 4 nitrogen and oxygen atoms in total. The summed E-state index contributed by atoms with van der Waals surface area (Å²) >= 11 is 1.46. The summed E-state index contributed by atoms with van der Waals surface area (Å²) < 4.78 is 5.71. The van der Waals surface area contributed by atoms with E-state index in [0.717, 1.165) is 35.4 Å². The molecule has 2 aromatic rings. The molecule has 0 atom stereocenters. The van der Waals surface area contributed by atoms with Crippen molar-refractivity contribution in [2.24, 2.45) is 5.92 Å². The second-order valence-corrected chi connectivity index (χ2v) is 7.07. The number of aryl methyl sites for hydroxylation is 1. The maximum Gasteiger partial charge on any atom is 0.255 e. The number of hydrogen-bond acceptors (Lipinski definition) is 4. The Labute approximate surface area is 148 Å². The van der Waals surface area contributed by atoms with Crippen molar-refractivity contribution in [3.05, 3.63) is 51.4 Å². The average molecular weight is 346 g/mol. The molecule has 1 heterocycles. The van der Waals surface area contributed by atoms with E-state index in [1.54, 1.807) is 0 Å². The van der Waals surface area contributed by atoms with Gasteiger partial charge in [0.25, 0.3) is 5.56 Å². The van der Waals surface area contributed by atoms with E-state index in [-0.39, 0.29) is 5.56 Å². The van der Waals surface area contributed by atoms with Gasteiger partial charge in [0.2, 0.25) is 0 Å². The topological polar surface area (TPSA) is 55.0 Å². The number of nitrogens with one attached hydrogen (secondary N) is 1. The summed E-state index contributed by atoms with van der Waals surface area (Å²) in [7, 11) is 0. The summed E-state index contributed by atoms with van der Waals surface area (Å²) in [5.74, 6) is 1.37. The number of rotatable bonds is 8. The molecular formula is C19H26N2O2S. The molecule has 0 bridgehead atoms. The van der Waals surface area contributed by atoms with Crippen LogP contribution in [0.2, 0.25) is 0 Å². The van der Waals surface area contributed by atoms with Gasteiger partial charge in [0.1, 0.15) is 5.75 Å². The summed E-state index contributed by atoms with van der Waals surface area (Å²) in [5, 5.41) is 0.685. The molecule has 1 aromatic heterocycles. The van der Waals surface area contributed by atoms with Crippen LogP contribution in [0.15, 0.2) is 34.2 Å². The Bertz CT molecular complexity index is 708. The SMILES string of the molecule is CCCc1nc(SC)[nH]c(=O)c1Cc1ccc(OCC(C)C)cc1. The minimum absolute atomic E-state index is 0.0297. The number of thioether (sulfide) groups is 1. The molecule has 0 aliphatic rings. The summed E-state index contributed by atoms with van der Waals surface area (Å²) in [5.41, 5.74) is 2.74. The monoisotopic (exact) mass is 346 g/mol. The molecule has 0 amide bonds. The fourth-order valence-corrected chi connectivity index (χ4v) is 2.81. The van der Waals surface area contributed by atoms with E-state index in [9.17, 15) is 4.79 Å². The van der Waals surface area contributed by atoms with Crippen molar-refractivity contribution in [2.45, 2.75) is 45.2 Å². The molecule has 2 rings (SSSR count). The number of ether oxygens (including phenoxy) is 1. The number of H-pyrrole nitrogens is 1. The third-order valence-corrected chi connectivity index (χ3v) is 4.23. The fourth-order valence-electron chi connectivity index (χ4n) is 2.41. The third-order valence-electron chi connectivity index (χ3n) is 3.65. The summed E-state index contributed by atoms with van der Waals surface area (Å²) in [6.07, 6.45) is 4.31. The van der Waals surface area contributed by atoms with Crippen molar-refractivity contribution in [3.8, 4) is 5.75 Å². The lowest BCUT2D eigenvalue weighted by atomic mass is 10.0. The van der Waals surface area contributed by atoms with Crippen LogP contribution in [0.4, 0.5) is 0 Å². The van der Waals surface area contributed by atoms with Crippen molar-refractivity contribution in [1.29, 1.82) is 0 Å². The van der Waals surface area contributed by atoms with Gasteiger partial charge in [-0.1, -0.05) is 51.1 Å². The number of nitrogens with zero attached hydrogens (tertiary/aromatic N) is 1. The van der Waals surface area contributed by atoms with E-state index in [1.165, 1.54) is 11.8 Å². The van der Waals surface area contributed by atoms with E-state index >= 15 is 0 Å². The molecule has 0 saturated carbocycles. The normalized spacial score (nSPS) is 11.0. The van der Waals surface area contributed by atoms with Crippen LogP contribution in [0.3, 0.4) is 0 Å². The van der Waals surface area contributed by atoms with Gasteiger partial charge >= 0.3 is 0 Å². The molecule has 0 saturated heterocycles. The van der Waals surface area contributed by atoms with E-state index in [2.05, 4.69) is 30.7 Å². The van der Waals surface area contributed by atoms with Gasteiger partial charge in [0.15, 0.2) is 5.16 Å². The van der Waals surface area contributed by atoms with Gasteiger partial charge in [0.05, 0.1) is 12.3 Å². The lowest BCUT2D eigenvalue weighted by molar-refractivity contribution is 0.271. The minimum Gasteiger partial charge on any atom is -0.493 e. The minimum atomic E-state index is -0.0297. The third kappa shape index (κ3) is 5.13. The van der Waals surface area contributed by atoms with Crippen molar-refractivity contribution in [2.75, 3.05) is 12.9 Å². The first-order chi connectivity index (χ1) is 11.5. The Hall–Kier alpha value is -1.75. The Morgan fingerprint density at radius 1 is 1.25 bits per heavy atom. The number of hydrogen-bond donors (Lipinski definition) is 1. The van der Waals surface area contributed by atoms with Crippen LogP contribution in [0.5, 0.6) is 5.75 Å². The maximum atomic E-state index is 12.4. The van der Waals surface area contributed by atoms with E-state index in [0.29, 0.717) is 24.1 Å². The van der Waals surface area contributed by atoms with Crippen molar-refractivity contribution in [3.63, 3.8) is 0 Å². The number of aromatic nitrogens is 2. The highest BCUT2D eigenvalue weighted by atomic mass is 32.2. The van der Waals surface area contributed by atoms with Crippen LogP contribution < -0.4 is 10.3 Å². The number of benzene rings is 1. The zero-order valence-electron chi connectivity index (χ0n) is 14.9. The molecule has 0 aliphatic carbocycles. The standard InChI is InChI=1S/C19H26N2O2S/c1-5-6-17-16(18(22)21-19(20-17)24-4)11-14-7-9-15(10-8-14)23-12-13(2)3/h7-10,13H,5-6,11-12H2,1-4H3,(H,20,21,22). The zero-order chi connectivity index (χ0) is 17.5. The highest BCUT2D eigenvalue weighted by molar-refractivity contribution is 7.98. The van der Waals surface area contributed by atoms with Crippen LogP contribution in [-0.2, 0) is 12.8 Å². The van der Waals surface area contributed by atoms with Gasteiger partial charge in [-0.3, -0.25) is 4.79 Å². The first kappa shape index (κ1) is 18.6. The van der Waals surface area contributed by atoms with E-state index in [1.807, 2.05) is 30.5 Å². The van der Waals surface area contributed by atoms with Crippen LogP contribution in [0.1, 0.15) is 44.0 Å². The Balaban J connectivity index is 2.19. The van der Waals surface area contributed by atoms with Crippen LogP contribution in [0, 0.1) is 5.92 Å². The Morgan fingerprint density at radius 2 is 1.96 bits per heavy atom. The van der Waals surface area contributed by atoms with Gasteiger partial charge in [-0.25, -0.2) is 4.98 Å². The van der Waals surface area contributed by atoms with Gasteiger partial charge < -0.3 is 9.72 Å². The first-order valence-electron chi connectivity index (χ1n) is 8.41. The highest BCUT2D eigenvalue weighted by Gasteiger charge is 2.12. The zero-order valence-corrected chi connectivity index (χ0v) is 15.7. The average Bonchev–Trinajstić information content (AvgIpc) is 2.57. The smallest absolute Gasteiger partial charge is 0.255 e. The lowest BCUT2D eigenvalue weighted by Gasteiger charge is -2.11. The number of aromatic amines is 1. The maximum absolute atomic E-state index is 12.4. The van der Waals surface area contributed by atoms with Gasteiger partial charge in [-0.15, -0.1) is 0 Å². The molecule has 130 valence electrons. The summed E-state index contributed by atoms with van der Waals surface area (Å²) in [6.45, 7) is 7.06. The van der Waals surface area contributed by atoms with E-state index in [4.69, 9.17) is 4.74 Å². The predicted molar refractivity (Wildman–Crippen MR) is 100 cm³/mol. The largest absolute Gasteiger partial charge is 0.493 e. The van der Waals surface area contributed by atoms with Crippen molar-refractivity contribution < 1.29 is 4.74 Å². The molecule has 1 aromatic carbocycles. The molecule has 5 heteroatoms. The van der Waals surface area contributed by atoms with Crippen molar-refractivity contribution >= 4 is 11.8 Å². The Kier molecular flexibility index (Phi) is 6.91. The molecule has 24 heavy (non-hydrogen) atoms. The van der Waals surface area contributed by atoms with Gasteiger partial charge in [-0.05, 0) is 36.3 Å². The molecule has 0 fully saturated rings. The lowest BCUT2D eigenvalue weighted by Crippen LogP contribution is -2.19. The second kappa shape index (κ2) is 8.92.